The Morgan fingerprint density at radius 1 is 1.17 bits per heavy atom. The van der Waals surface area contributed by atoms with E-state index in [0.29, 0.717) is 11.5 Å². The molecular formula is C15H14N6O2. The summed E-state index contributed by atoms with van der Waals surface area (Å²) in [7, 11) is 1.70. The molecule has 0 bridgehead atoms. The van der Waals surface area contributed by atoms with Crippen LogP contribution in [0.1, 0.15) is 0 Å². The van der Waals surface area contributed by atoms with Gasteiger partial charge in [0.2, 0.25) is 5.82 Å². The van der Waals surface area contributed by atoms with E-state index in [9.17, 15) is 10.1 Å². The second-order valence-corrected chi connectivity index (χ2v) is 4.71. The number of rotatable bonds is 5. The number of pyridine rings is 1. The zero-order valence-corrected chi connectivity index (χ0v) is 12.3. The lowest BCUT2D eigenvalue weighted by Gasteiger charge is -2.08. The topological polar surface area (TPSA) is 109 Å². The molecule has 0 saturated carbocycles. The Morgan fingerprint density at radius 2 is 1.96 bits per heavy atom. The first kappa shape index (κ1) is 14.5. The van der Waals surface area contributed by atoms with Crippen molar-refractivity contribution in [2.75, 3.05) is 17.7 Å². The summed E-state index contributed by atoms with van der Waals surface area (Å²) in [6.07, 6.45) is 3.43. The SMILES string of the molecule is CNc1ccc([N+](=O)[O-])c(Nc2ccc(-c3ncc[nH]3)cc2)n1. The quantitative estimate of drug-likeness (QED) is 0.493. The molecule has 2 aromatic heterocycles. The van der Waals surface area contributed by atoms with Crippen molar-refractivity contribution in [3.05, 3.63) is 58.9 Å². The summed E-state index contributed by atoms with van der Waals surface area (Å²) < 4.78 is 0. The minimum atomic E-state index is -0.466. The van der Waals surface area contributed by atoms with E-state index in [1.807, 2.05) is 24.3 Å². The number of nitrogens with one attached hydrogen (secondary N) is 3. The van der Waals surface area contributed by atoms with Gasteiger partial charge in [0.05, 0.1) is 4.92 Å². The van der Waals surface area contributed by atoms with E-state index in [1.54, 1.807) is 25.5 Å². The number of benzene rings is 1. The molecule has 0 fully saturated rings. The van der Waals surface area contributed by atoms with Gasteiger partial charge in [-0.25, -0.2) is 9.97 Å². The maximum Gasteiger partial charge on any atom is 0.311 e. The molecule has 0 radical (unpaired) electrons. The Labute approximate surface area is 131 Å². The largest absolute Gasteiger partial charge is 0.373 e. The van der Waals surface area contributed by atoms with Crippen molar-refractivity contribution in [2.24, 2.45) is 0 Å². The van der Waals surface area contributed by atoms with E-state index >= 15 is 0 Å². The van der Waals surface area contributed by atoms with E-state index in [-0.39, 0.29) is 11.5 Å². The molecule has 3 rings (SSSR count). The predicted molar refractivity (Wildman–Crippen MR) is 87.7 cm³/mol. The van der Waals surface area contributed by atoms with E-state index < -0.39 is 4.92 Å². The molecule has 116 valence electrons. The van der Waals surface area contributed by atoms with Crippen LogP contribution in [0.4, 0.5) is 23.0 Å². The van der Waals surface area contributed by atoms with Crippen molar-refractivity contribution in [1.82, 2.24) is 15.0 Å². The Morgan fingerprint density at radius 3 is 2.57 bits per heavy atom. The average molecular weight is 310 g/mol. The lowest BCUT2D eigenvalue weighted by Crippen LogP contribution is -2.02. The van der Waals surface area contributed by atoms with Gasteiger partial charge in [-0.2, -0.15) is 0 Å². The number of aromatic nitrogens is 3. The van der Waals surface area contributed by atoms with Gasteiger partial charge in [-0.3, -0.25) is 10.1 Å². The Balaban J connectivity index is 1.88. The monoisotopic (exact) mass is 310 g/mol. The predicted octanol–water partition coefficient (Wildman–Crippen LogP) is 3.17. The van der Waals surface area contributed by atoms with E-state index in [0.717, 1.165) is 11.4 Å². The molecule has 23 heavy (non-hydrogen) atoms. The number of nitrogens with zero attached hydrogens (tertiary/aromatic N) is 3. The summed E-state index contributed by atoms with van der Waals surface area (Å²) in [5.41, 5.74) is 1.54. The highest BCUT2D eigenvalue weighted by atomic mass is 16.6. The fraction of sp³-hybridized carbons (Fsp3) is 0.0667. The highest BCUT2D eigenvalue weighted by molar-refractivity contribution is 5.69. The van der Waals surface area contributed by atoms with Gasteiger partial charge in [-0.1, -0.05) is 0 Å². The molecule has 1 aromatic carbocycles. The standard InChI is InChI=1S/C15H14N6O2/c1-16-13-7-6-12(21(22)23)15(20-13)19-11-4-2-10(3-5-11)14-17-8-9-18-14/h2-9H,1H3,(H,17,18)(H2,16,19,20). The summed E-state index contributed by atoms with van der Waals surface area (Å²) in [6.45, 7) is 0. The highest BCUT2D eigenvalue weighted by Crippen LogP contribution is 2.28. The number of nitro groups is 1. The Kier molecular flexibility index (Phi) is 3.88. The minimum Gasteiger partial charge on any atom is -0.373 e. The number of H-pyrrole nitrogens is 1. The Hall–Kier alpha value is -3.42. The van der Waals surface area contributed by atoms with Gasteiger partial charge >= 0.3 is 5.69 Å². The first-order valence-electron chi connectivity index (χ1n) is 6.87. The van der Waals surface area contributed by atoms with Crippen LogP contribution in [-0.4, -0.2) is 26.9 Å². The van der Waals surface area contributed by atoms with Crippen LogP contribution in [0.25, 0.3) is 11.4 Å². The van der Waals surface area contributed by atoms with Crippen LogP contribution < -0.4 is 10.6 Å². The molecule has 0 saturated heterocycles. The maximum absolute atomic E-state index is 11.1. The molecule has 8 nitrogen and oxygen atoms in total. The third-order valence-corrected chi connectivity index (χ3v) is 3.25. The molecule has 0 spiro atoms. The summed E-state index contributed by atoms with van der Waals surface area (Å²) in [4.78, 5) is 22.0. The lowest BCUT2D eigenvalue weighted by atomic mass is 10.2. The van der Waals surface area contributed by atoms with E-state index in [2.05, 4.69) is 25.6 Å². The molecule has 3 aromatic rings. The first-order valence-corrected chi connectivity index (χ1v) is 6.87. The summed E-state index contributed by atoms with van der Waals surface area (Å²) in [5.74, 6) is 1.50. The van der Waals surface area contributed by atoms with Crippen molar-refractivity contribution in [3.8, 4) is 11.4 Å². The number of hydrogen-bond donors (Lipinski definition) is 3. The molecule has 0 aliphatic rings. The zero-order chi connectivity index (χ0) is 16.2. The number of hydrogen-bond acceptors (Lipinski definition) is 6. The van der Waals surface area contributed by atoms with Gasteiger partial charge in [0.25, 0.3) is 0 Å². The van der Waals surface area contributed by atoms with Crippen LogP contribution in [0.3, 0.4) is 0 Å². The summed E-state index contributed by atoms with van der Waals surface area (Å²) >= 11 is 0. The normalized spacial score (nSPS) is 10.3. The molecular weight excluding hydrogens is 296 g/mol. The maximum atomic E-state index is 11.1. The van der Waals surface area contributed by atoms with Crippen molar-refractivity contribution >= 4 is 23.0 Å². The number of aromatic amines is 1. The summed E-state index contributed by atoms with van der Waals surface area (Å²) in [6, 6.07) is 10.3. The average Bonchev–Trinajstić information content (AvgIpc) is 3.09. The third-order valence-electron chi connectivity index (χ3n) is 3.25. The molecule has 0 unspecified atom stereocenters. The second-order valence-electron chi connectivity index (χ2n) is 4.71. The molecule has 3 N–H and O–H groups in total. The second kappa shape index (κ2) is 6.14. The van der Waals surface area contributed by atoms with Crippen molar-refractivity contribution in [1.29, 1.82) is 0 Å². The first-order chi connectivity index (χ1) is 11.2. The lowest BCUT2D eigenvalue weighted by molar-refractivity contribution is -0.384. The molecule has 8 heteroatoms. The summed E-state index contributed by atoms with van der Waals surface area (Å²) in [5, 5.41) is 17.0. The van der Waals surface area contributed by atoms with Crippen molar-refractivity contribution in [2.45, 2.75) is 0 Å². The molecule has 0 aliphatic carbocycles. The van der Waals surface area contributed by atoms with Gasteiger partial charge in [0, 0.05) is 36.8 Å². The zero-order valence-electron chi connectivity index (χ0n) is 12.3. The fourth-order valence-electron chi connectivity index (χ4n) is 2.10. The van der Waals surface area contributed by atoms with Gasteiger partial charge in [-0.05, 0) is 30.3 Å². The van der Waals surface area contributed by atoms with Crippen molar-refractivity contribution in [3.63, 3.8) is 0 Å². The number of anilines is 3. The van der Waals surface area contributed by atoms with Gasteiger partial charge in [0.1, 0.15) is 11.6 Å². The smallest absolute Gasteiger partial charge is 0.311 e. The van der Waals surface area contributed by atoms with Crippen LogP contribution in [0.15, 0.2) is 48.8 Å². The number of imidazole rings is 1. The van der Waals surface area contributed by atoms with Crippen LogP contribution in [0, 0.1) is 10.1 Å². The van der Waals surface area contributed by atoms with Crippen molar-refractivity contribution < 1.29 is 4.92 Å². The van der Waals surface area contributed by atoms with E-state index in [1.165, 1.54) is 6.07 Å². The van der Waals surface area contributed by atoms with Crippen LogP contribution in [-0.2, 0) is 0 Å². The molecule has 0 amide bonds. The van der Waals surface area contributed by atoms with E-state index in [4.69, 9.17) is 0 Å². The van der Waals surface area contributed by atoms with Gasteiger partial charge in [0.15, 0.2) is 0 Å². The molecule has 2 heterocycles. The molecule has 0 aliphatic heterocycles. The highest BCUT2D eigenvalue weighted by Gasteiger charge is 2.16. The Bertz CT molecular complexity index is 814. The minimum absolute atomic E-state index is 0.0842. The van der Waals surface area contributed by atoms with Gasteiger partial charge in [-0.15, -0.1) is 0 Å². The van der Waals surface area contributed by atoms with Crippen LogP contribution in [0.2, 0.25) is 0 Å². The van der Waals surface area contributed by atoms with Crippen LogP contribution in [0.5, 0.6) is 0 Å². The van der Waals surface area contributed by atoms with Crippen LogP contribution >= 0.6 is 0 Å². The van der Waals surface area contributed by atoms with Gasteiger partial charge < -0.3 is 15.6 Å². The molecule has 0 atom stereocenters. The third kappa shape index (κ3) is 3.10. The fourth-order valence-corrected chi connectivity index (χ4v) is 2.10.